The number of ether oxygens (including phenoxy) is 1. The van der Waals surface area contributed by atoms with Crippen LogP contribution < -0.4 is 10.1 Å². The summed E-state index contributed by atoms with van der Waals surface area (Å²) in [4.78, 5) is 5.73. The van der Waals surface area contributed by atoms with Crippen LogP contribution in [0.3, 0.4) is 0 Å². The quantitative estimate of drug-likeness (QED) is 0.762. The first kappa shape index (κ1) is 16.3. The molecule has 1 aromatic heterocycles. The minimum atomic E-state index is 0.462. The number of para-hydroxylation sites is 1. The number of aromatic nitrogens is 1. The van der Waals surface area contributed by atoms with E-state index in [1.807, 2.05) is 25.1 Å². The van der Waals surface area contributed by atoms with Crippen LogP contribution in [0.15, 0.2) is 18.2 Å². The Hall–Kier alpha value is -1.10. The summed E-state index contributed by atoms with van der Waals surface area (Å²) in [5.41, 5.74) is 2.16. The minimum absolute atomic E-state index is 0.462. The zero-order chi connectivity index (χ0) is 15.2. The van der Waals surface area contributed by atoms with E-state index in [0.717, 1.165) is 41.5 Å². The number of rotatable bonds is 7. The molecule has 0 saturated heterocycles. The molecular weight excluding hydrogens is 304 g/mol. The normalized spacial score (nSPS) is 10.9. The van der Waals surface area contributed by atoms with E-state index in [2.05, 4.69) is 24.1 Å². The van der Waals surface area contributed by atoms with Gasteiger partial charge in [-0.3, -0.25) is 0 Å². The second kappa shape index (κ2) is 7.78. The van der Waals surface area contributed by atoms with Gasteiger partial charge < -0.3 is 10.1 Å². The molecule has 21 heavy (non-hydrogen) atoms. The number of aryl methyl sites for hydroxylation is 2. The van der Waals surface area contributed by atoms with E-state index in [0.29, 0.717) is 11.6 Å². The van der Waals surface area contributed by atoms with Gasteiger partial charge in [-0.25, -0.2) is 4.98 Å². The molecule has 114 valence electrons. The molecule has 2 aromatic rings. The summed E-state index contributed by atoms with van der Waals surface area (Å²) in [6.07, 6.45) is 1.11. The molecular formula is C16H21ClN2OS. The summed E-state index contributed by atoms with van der Waals surface area (Å²) >= 11 is 7.95. The molecule has 0 fully saturated rings. The number of thiazole rings is 1. The zero-order valence-corrected chi connectivity index (χ0v) is 14.3. The number of nitrogens with zero attached hydrogens (tertiary/aromatic N) is 1. The van der Waals surface area contributed by atoms with Gasteiger partial charge in [0.15, 0.2) is 0 Å². The molecule has 0 atom stereocenters. The maximum atomic E-state index is 6.28. The van der Waals surface area contributed by atoms with E-state index >= 15 is 0 Å². The lowest BCUT2D eigenvalue weighted by atomic mass is 10.2. The first-order valence-electron chi connectivity index (χ1n) is 7.15. The fourth-order valence-corrected chi connectivity index (χ4v) is 3.08. The average molecular weight is 325 g/mol. The molecule has 0 aliphatic rings. The van der Waals surface area contributed by atoms with Gasteiger partial charge in [0.05, 0.1) is 10.7 Å². The molecule has 3 nitrogen and oxygen atoms in total. The summed E-state index contributed by atoms with van der Waals surface area (Å²) in [6.45, 7) is 8.45. The van der Waals surface area contributed by atoms with Gasteiger partial charge in [0.25, 0.3) is 0 Å². The standard InChI is InChI=1S/C16H21ClN2OS/c1-4-8-18-9-13-6-5-7-14(17)16(13)20-10-15-19-11(2)12(3)21-15/h5-7,18H,4,8-10H2,1-3H3. The van der Waals surface area contributed by atoms with E-state index in [1.165, 1.54) is 4.88 Å². The van der Waals surface area contributed by atoms with E-state index in [9.17, 15) is 0 Å². The van der Waals surface area contributed by atoms with Crippen LogP contribution in [0.2, 0.25) is 5.02 Å². The van der Waals surface area contributed by atoms with Crippen LogP contribution in [0.25, 0.3) is 0 Å². The van der Waals surface area contributed by atoms with Gasteiger partial charge in [0.2, 0.25) is 0 Å². The Morgan fingerprint density at radius 2 is 2.14 bits per heavy atom. The van der Waals surface area contributed by atoms with Gasteiger partial charge in [-0.05, 0) is 32.9 Å². The predicted molar refractivity (Wildman–Crippen MR) is 89.4 cm³/mol. The fraction of sp³-hybridized carbons (Fsp3) is 0.438. The van der Waals surface area contributed by atoms with Gasteiger partial charge in [-0.2, -0.15) is 0 Å². The van der Waals surface area contributed by atoms with Crippen LogP contribution >= 0.6 is 22.9 Å². The van der Waals surface area contributed by atoms with Crippen molar-refractivity contribution in [1.82, 2.24) is 10.3 Å². The highest BCUT2D eigenvalue weighted by Gasteiger charge is 2.10. The molecule has 0 unspecified atom stereocenters. The van der Waals surface area contributed by atoms with Crippen LogP contribution in [0, 0.1) is 13.8 Å². The molecule has 1 heterocycles. The molecule has 5 heteroatoms. The summed E-state index contributed by atoms with van der Waals surface area (Å²) in [5.74, 6) is 0.758. The largest absolute Gasteiger partial charge is 0.485 e. The molecule has 0 amide bonds. The third kappa shape index (κ3) is 4.43. The van der Waals surface area contributed by atoms with Crippen LogP contribution in [-0.4, -0.2) is 11.5 Å². The van der Waals surface area contributed by atoms with E-state index in [4.69, 9.17) is 16.3 Å². The summed E-state index contributed by atoms with van der Waals surface area (Å²) in [5, 5.41) is 5.01. The molecule has 2 rings (SSSR count). The number of benzene rings is 1. The summed E-state index contributed by atoms with van der Waals surface area (Å²) in [6, 6.07) is 5.86. The van der Waals surface area contributed by atoms with Gasteiger partial charge >= 0.3 is 0 Å². The lowest BCUT2D eigenvalue weighted by Gasteiger charge is -2.12. The lowest BCUT2D eigenvalue weighted by molar-refractivity contribution is 0.301. The van der Waals surface area contributed by atoms with Crippen molar-refractivity contribution in [3.8, 4) is 5.75 Å². The first-order valence-corrected chi connectivity index (χ1v) is 8.35. The number of halogens is 1. The monoisotopic (exact) mass is 324 g/mol. The van der Waals surface area contributed by atoms with Gasteiger partial charge in [0.1, 0.15) is 17.4 Å². The fourth-order valence-electron chi connectivity index (χ4n) is 1.99. The molecule has 0 aliphatic carbocycles. The van der Waals surface area contributed by atoms with E-state index in [1.54, 1.807) is 11.3 Å². The maximum Gasteiger partial charge on any atom is 0.143 e. The van der Waals surface area contributed by atoms with Crippen molar-refractivity contribution in [3.05, 3.63) is 44.4 Å². The highest BCUT2D eigenvalue weighted by atomic mass is 35.5. The Labute approximate surface area is 135 Å². The van der Waals surface area contributed by atoms with E-state index in [-0.39, 0.29) is 0 Å². The van der Waals surface area contributed by atoms with Crippen LogP contribution in [0.5, 0.6) is 5.75 Å². The van der Waals surface area contributed by atoms with Crippen molar-refractivity contribution >= 4 is 22.9 Å². The average Bonchev–Trinajstić information content (AvgIpc) is 2.77. The molecule has 0 bridgehead atoms. The molecule has 1 aromatic carbocycles. The molecule has 1 N–H and O–H groups in total. The van der Waals surface area contributed by atoms with E-state index < -0.39 is 0 Å². The number of nitrogens with one attached hydrogen (secondary N) is 1. The van der Waals surface area contributed by atoms with Crippen molar-refractivity contribution < 1.29 is 4.74 Å². The first-order chi connectivity index (χ1) is 10.1. The zero-order valence-electron chi connectivity index (χ0n) is 12.7. The summed E-state index contributed by atoms with van der Waals surface area (Å²) in [7, 11) is 0. The van der Waals surface area contributed by atoms with Gasteiger partial charge in [-0.1, -0.05) is 30.7 Å². The lowest BCUT2D eigenvalue weighted by Crippen LogP contribution is -2.14. The SMILES string of the molecule is CCCNCc1cccc(Cl)c1OCc1nc(C)c(C)s1. The number of hydrogen-bond donors (Lipinski definition) is 1. The number of hydrogen-bond acceptors (Lipinski definition) is 4. The van der Waals surface area contributed by atoms with Crippen molar-refractivity contribution in [2.45, 2.75) is 40.3 Å². The Kier molecular flexibility index (Phi) is 6.03. The Balaban J connectivity index is 2.07. The molecule has 0 saturated carbocycles. The Morgan fingerprint density at radius 1 is 1.33 bits per heavy atom. The van der Waals surface area contributed by atoms with Gasteiger partial charge in [0, 0.05) is 17.0 Å². The highest BCUT2D eigenvalue weighted by molar-refractivity contribution is 7.11. The third-order valence-corrected chi connectivity index (χ3v) is 4.55. The van der Waals surface area contributed by atoms with Gasteiger partial charge in [-0.15, -0.1) is 11.3 Å². The smallest absolute Gasteiger partial charge is 0.143 e. The van der Waals surface area contributed by atoms with Crippen molar-refractivity contribution in [3.63, 3.8) is 0 Å². The topological polar surface area (TPSA) is 34.1 Å². The van der Waals surface area contributed by atoms with Crippen molar-refractivity contribution in [1.29, 1.82) is 0 Å². The Morgan fingerprint density at radius 3 is 2.81 bits per heavy atom. The highest BCUT2D eigenvalue weighted by Crippen LogP contribution is 2.30. The predicted octanol–water partition coefficient (Wildman–Crippen LogP) is 4.49. The van der Waals surface area contributed by atoms with Crippen LogP contribution in [0.1, 0.15) is 34.5 Å². The van der Waals surface area contributed by atoms with Crippen LogP contribution in [-0.2, 0) is 13.2 Å². The van der Waals surface area contributed by atoms with Crippen molar-refractivity contribution in [2.75, 3.05) is 6.54 Å². The third-order valence-electron chi connectivity index (χ3n) is 3.20. The molecule has 0 aliphatic heterocycles. The second-order valence-electron chi connectivity index (χ2n) is 4.94. The molecule has 0 radical (unpaired) electrons. The second-order valence-corrected chi connectivity index (χ2v) is 6.64. The molecule has 0 spiro atoms. The van der Waals surface area contributed by atoms with Crippen LogP contribution in [0.4, 0.5) is 0 Å². The minimum Gasteiger partial charge on any atom is -0.485 e. The maximum absolute atomic E-state index is 6.28. The van der Waals surface area contributed by atoms with Crippen molar-refractivity contribution in [2.24, 2.45) is 0 Å². The summed E-state index contributed by atoms with van der Waals surface area (Å²) < 4.78 is 5.93. The Bertz CT molecular complexity index is 578.